The summed E-state index contributed by atoms with van der Waals surface area (Å²) in [6.07, 6.45) is 0.787. The van der Waals surface area contributed by atoms with E-state index in [-0.39, 0.29) is 11.7 Å². The van der Waals surface area contributed by atoms with E-state index in [9.17, 15) is 9.18 Å². The maximum absolute atomic E-state index is 13.2. The number of benzene rings is 1. The number of halogens is 1. The van der Waals surface area contributed by atoms with Crippen molar-refractivity contribution in [3.63, 3.8) is 0 Å². The van der Waals surface area contributed by atoms with Gasteiger partial charge in [0.2, 0.25) is 5.91 Å². The van der Waals surface area contributed by atoms with E-state index in [4.69, 9.17) is 4.74 Å². The summed E-state index contributed by atoms with van der Waals surface area (Å²) in [5.74, 6) is 0.353. The lowest BCUT2D eigenvalue weighted by Gasteiger charge is -2.15. The lowest BCUT2D eigenvalue weighted by molar-refractivity contribution is -0.130. The lowest BCUT2D eigenvalue weighted by atomic mass is 10.2. The number of aromatic nitrogens is 4. The van der Waals surface area contributed by atoms with Crippen molar-refractivity contribution in [2.24, 2.45) is 0 Å². The van der Waals surface area contributed by atoms with Crippen molar-refractivity contribution >= 4 is 16.9 Å². The van der Waals surface area contributed by atoms with Gasteiger partial charge < -0.3 is 14.6 Å². The van der Waals surface area contributed by atoms with Crippen LogP contribution < -0.4 is 0 Å². The number of carbonyl (C=O) groups is 1. The van der Waals surface area contributed by atoms with Gasteiger partial charge in [-0.15, -0.1) is 0 Å². The summed E-state index contributed by atoms with van der Waals surface area (Å²) < 4.78 is 18.2. The Morgan fingerprint density at radius 1 is 1.36 bits per heavy atom. The number of hydrogen-bond donors (Lipinski definition) is 2. The summed E-state index contributed by atoms with van der Waals surface area (Å²) in [6.45, 7) is 0.877. The first-order chi connectivity index (χ1) is 12.0. The third-order valence-electron chi connectivity index (χ3n) is 3.88. The second kappa shape index (κ2) is 7.43. The minimum absolute atomic E-state index is 0.00507. The molecular weight excluding hydrogens is 325 g/mol. The molecule has 0 aliphatic rings. The average molecular weight is 345 g/mol. The Morgan fingerprint density at radius 2 is 2.20 bits per heavy atom. The standard InChI is InChI=1S/C17H20FN5O2/c1-23(9-12-8-13(10-25-2)22-21-12)17(24)6-5-16-19-14-4-3-11(18)7-15(14)20-16/h3-4,7-8H,5-6,9-10H2,1-2H3,(H,19,20)(H,21,22). The predicted octanol–water partition coefficient (Wildman–Crippen LogP) is 2.16. The van der Waals surface area contributed by atoms with Crippen LogP contribution in [0.5, 0.6) is 0 Å². The molecule has 0 bridgehead atoms. The number of methoxy groups -OCH3 is 1. The lowest BCUT2D eigenvalue weighted by Crippen LogP contribution is -2.26. The zero-order chi connectivity index (χ0) is 17.8. The SMILES string of the molecule is COCc1cc(CN(C)C(=O)CCc2nc3ccc(F)cc3[nH]2)[nH]n1. The molecule has 0 unspecified atom stereocenters. The highest BCUT2D eigenvalue weighted by atomic mass is 19.1. The number of aryl methyl sites for hydroxylation is 1. The van der Waals surface area contributed by atoms with E-state index < -0.39 is 0 Å². The van der Waals surface area contributed by atoms with Crippen LogP contribution in [0, 0.1) is 5.82 Å². The predicted molar refractivity (Wildman–Crippen MR) is 90.1 cm³/mol. The first-order valence-electron chi connectivity index (χ1n) is 7.95. The van der Waals surface area contributed by atoms with Crippen LogP contribution in [0.3, 0.4) is 0 Å². The Kier molecular flexibility index (Phi) is 5.08. The smallest absolute Gasteiger partial charge is 0.223 e. The van der Waals surface area contributed by atoms with Gasteiger partial charge in [-0.1, -0.05) is 0 Å². The molecule has 3 aromatic rings. The van der Waals surface area contributed by atoms with Gasteiger partial charge in [0.15, 0.2) is 0 Å². The third kappa shape index (κ3) is 4.21. The van der Waals surface area contributed by atoms with Crippen molar-refractivity contribution in [2.45, 2.75) is 26.0 Å². The minimum atomic E-state index is -0.314. The molecule has 0 fully saturated rings. The van der Waals surface area contributed by atoms with E-state index in [0.717, 1.165) is 11.4 Å². The Morgan fingerprint density at radius 3 is 3.00 bits per heavy atom. The molecule has 1 aromatic carbocycles. The first kappa shape index (κ1) is 17.1. The molecule has 0 aliphatic carbocycles. The molecule has 2 N–H and O–H groups in total. The van der Waals surface area contributed by atoms with Gasteiger partial charge in [-0.2, -0.15) is 5.10 Å². The zero-order valence-corrected chi connectivity index (χ0v) is 14.2. The number of fused-ring (bicyclic) bond motifs is 1. The second-order valence-corrected chi connectivity index (χ2v) is 5.91. The molecule has 25 heavy (non-hydrogen) atoms. The van der Waals surface area contributed by atoms with Crippen LogP contribution in [0.25, 0.3) is 11.0 Å². The van der Waals surface area contributed by atoms with Crippen molar-refractivity contribution in [2.75, 3.05) is 14.2 Å². The largest absolute Gasteiger partial charge is 0.378 e. The van der Waals surface area contributed by atoms with E-state index in [1.54, 1.807) is 25.1 Å². The van der Waals surface area contributed by atoms with Crippen LogP contribution in [-0.4, -0.2) is 45.1 Å². The highest BCUT2D eigenvalue weighted by molar-refractivity contribution is 5.77. The molecule has 2 aromatic heterocycles. The number of rotatable bonds is 7. The Labute approximate surface area is 144 Å². The Hall–Kier alpha value is -2.74. The number of nitrogens with zero attached hydrogens (tertiary/aromatic N) is 3. The van der Waals surface area contributed by atoms with E-state index in [1.807, 2.05) is 6.07 Å². The summed E-state index contributed by atoms with van der Waals surface area (Å²) >= 11 is 0. The third-order valence-corrected chi connectivity index (χ3v) is 3.88. The number of ether oxygens (including phenoxy) is 1. The summed E-state index contributed by atoms with van der Waals surface area (Å²) in [7, 11) is 3.35. The van der Waals surface area contributed by atoms with Gasteiger partial charge in [0, 0.05) is 27.0 Å². The molecule has 7 nitrogen and oxygen atoms in total. The van der Waals surface area contributed by atoms with E-state index in [1.165, 1.54) is 12.1 Å². The van der Waals surface area contributed by atoms with Crippen LogP contribution in [0.1, 0.15) is 23.6 Å². The normalized spacial score (nSPS) is 11.2. The van der Waals surface area contributed by atoms with Gasteiger partial charge in [-0.25, -0.2) is 9.37 Å². The molecule has 0 atom stereocenters. The zero-order valence-electron chi connectivity index (χ0n) is 14.2. The summed E-state index contributed by atoms with van der Waals surface area (Å²) in [4.78, 5) is 21.3. The number of carbonyl (C=O) groups excluding carboxylic acids is 1. The van der Waals surface area contributed by atoms with Gasteiger partial charge in [0.1, 0.15) is 11.6 Å². The molecule has 1 amide bonds. The molecule has 0 radical (unpaired) electrons. The fraction of sp³-hybridized carbons (Fsp3) is 0.353. The number of H-pyrrole nitrogens is 2. The monoisotopic (exact) mass is 345 g/mol. The van der Waals surface area contributed by atoms with E-state index in [2.05, 4.69) is 20.2 Å². The number of aromatic amines is 2. The summed E-state index contributed by atoms with van der Waals surface area (Å²) in [5.41, 5.74) is 2.98. The quantitative estimate of drug-likeness (QED) is 0.687. The molecule has 0 saturated heterocycles. The highest BCUT2D eigenvalue weighted by Gasteiger charge is 2.13. The van der Waals surface area contributed by atoms with Crippen LogP contribution in [0.2, 0.25) is 0 Å². The van der Waals surface area contributed by atoms with Crippen molar-refractivity contribution in [3.05, 3.63) is 47.3 Å². The fourth-order valence-electron chi connectivity index (χ4n) is 2.63. The molecule has 0 aliphatic heterocycles. The van der Waals surface area contributed by atoms with Gasteiger partial charge in [-0.05, 0) is 24.3 Å². The maximum atomic E-state index is 13.2. The van der Waals surface area contributed by atoms with E-state index in [0.29, 0.717) is 42.9 Å². The Balaban J connectivity index is 1.55. The Bertz CT molecular complexity index is 873. The average Bonchev–Trinajstić information content (AvgIpc) is 3.18. The molecule has 0 spiro atoms. The van der Waals surface area contributed by atoms with Crippen molar-refractivity contribution in [1.82, 2.24) is 25.1 Å². The van der Waals surface area contributed by atoms with Crippen LogP contribution >= 0.6 is 0 Å². The molecule has 2 heterocycles. The van der Waals surface area contributed by atoms with Gasteiger partial charge in [0.05, 0.1) is 35.6 Å². The first-order valence-corrected chi connectivity index (χ1v) is 7.95. The summed E-state index contributed by atoms with van der Waals surface area (Å²) in [5, 5.41) is 7.00. The number of imidazole rings is 1. The van der Waals surface area contributed by atoms with Gasteiger partial charge in [-0.3, -0.25) is 9.89 Å². The summed E-state index contributed by atoms with van der Waals surface area (Å²) in [6, 6.07) is 6.26. The fourth-order valence-corrected chi connectivity index (χ4v) is 2.63. The van der Waals surface area contributed by atoms with Crippen LogP contribution in [0.15, 0.2) is 24.3 Å². The van der Waals surface area contributed by atoms with Crippen molar-refractivity contribution in [1.29, 1.82) is 0 Å². The molecule has 3 rings (SSSR count). The van der Waals surface area contributed by atoms with Crippen LogP contribution in [-0.2, 0) is 29.1 Å². The van der Waals surface area contributed by atoms with Gasteiger partial charge in [0.25, 0.3) is 0 Å². The molecular formula is C17H20FN5O2. The number of hydrogen-bond acceptors (Lipinski definition) is 4. The molecule has 0 saturated carbocycles. The molecule has 8 heteroatoms. The van der Waals surface area contributed by atoms with Gasteiger partial charge >= 0.3 is 0 Å². The molecule has 132 valence electrons. The number of amides is 1. The minimum Gasteiger partial charge on any atom is -0.378 e. The number of nitrogens with one attached hydrogen (secondary N) is 2. The van der Waals surface area contributed by atoms with Crippen molar-refractivity contribution < 1.29 is 13.9 Å². The highest BCUT2D eigenvalue weighted by Crippen LogP contribution is 2.14. The van der Waals surface area contributed by atoms with Crippen molar-refractivity contribution in [3.8, 4) is 0 Å². The van der Waals surface area contributed by atoms with E-state index >= 15 is 0 Å². The topological polar surface area (TPSA) is 86.9 Å². The van der Waals surface area contributed by atoms with Crippen LogP contribution in [0.4, 0.5) is 4.39 Å². The second-order valence-electron chi connectivity index (χ2n) is 5.91. The maximum Gasteiger partial charge on any atom is 0.223 e.